The highest BCUT2D eigenvalue weighted by atomic mass is 16.5. The molecule has 1 aliphatic rings. The number of unbranched alkanes of at least 4 members (excludes halogenated alkanes) is 7. The molecule has 0 N–H and O–H groups in total. The summed E-state index contributed by atoms with van der Waals surface area (Å²) in [4.78, 5) is 11.0. The van der Waals surface area contributed by atoms with E-state index in [0.717, 1.165) is 12.8 Å². The van der Waals surface area contributed by atoms with Gasteiger partial charge in [-0.25, -0.2) is 0 Å². The Labute approximate surface area is 137 Å². The van der Waals surface area contributed by atoms with Crippen LogP contribution in [0, 0.1) is 0 Å². The molecule has 2 unspecified atom stereocenters. The van der Waals surface area contributed by atoms with Crippen LogP contribution in [0.2, 0.25) is 0 Å². The van der Waals surface area contributed by atoms with Gasteiger partial charge < -0.3 is 9.47 Å². The first kappa shape index (κ1) is 19.5. The fourth-order valence-electron chi connectivity index (χ4n) is 3.30. The summed E-state index contributed by atoms with van der Waals surface area (Å²) in [6.07, 6.45) is 18.0. The Bertz CT molecular complexity index is 278. The van der Waals surface area contributed by atoms with Crippen LogP contribution < -0.4 is 0 Å². The van der Waals surface area contributed by atoms with Crippen LogP contribution >= 0.6 is 0 Å². The molecule has 22 heavy (non-hydrogen) atoms. The standard InChI is InChI=1S/C19H36O3/c1-3-17-14-12-15-18(22-17)13-10-8-6-4-5-7-9-11-16-19(20)21-2/h17-18H,3-16H2,1-2H3. The Morgan fingerprint density at radius 3 is 2.18 bits per heavy atom. The van der Waals surface area contributed by atoms with E-state index in [-0.39, 0.29) is 5.97 Å². The van der Waals surface area contributed by atoms with E-state index in [1.165, 1.54) is 77.7 Å². The molecule has 1 heterocycles. The molecule has 0 aromatic rings. The van der Waals surface area contributed by atoms with Crippen molar-refractivity contribution in [3.8, 4) is 0 Å². The molecular formula is C19H36O3. The third-order valence-corrected chi connectivity index (χ3v) is 4.78. The second-order valence-electron chi connectivity index (χ2n) is 6.66. The Hall–Kier alpha value is -0.570. The molecule has 0 spiro atoms. The monoisotopic (exact) mass is 312 g/mol. The summed E-state index contributed by atoms with van der Waals surface area (Å²) >= 11 is 0. The Morgan fingerprint density at radius 2 is 1.55 bits per heavy atom. The van der Waals surface area contributed by atoms with Crippen molar-refractivity contribution >= 4 is 5.97 Å². The molecule has 1 aliphatic heterocycles. The fraction of sp³-hybridized carbons (Fsp3) is 0.947. The van der Waals surface area contributed by atoms with Gasteiger partial charge in [0.15, 0.2) is 0 Å². The van der Waals surface area contributed by atoms with Gasteiger partial charge in [0.1, 0.15) is 0 Å². The predicted molar refractivity (Wildman–Crippen MR) is 91.0 cm³/mol. The van der Waals surface area contributed by atoms with Gasteiger partial charge >= 0.3 is 5.97 Å². The number of hydrogen-bond donors (Lipinski definition) is 0. The minimum absolute atomic E-state index is 0.0738. The average Bonchev–Trinajstić information content (AvgIpc) is 2.56. The topological polar surface area (TPSA) is 35.5 Å². The summed E-state index contributed by atoms with van der Waals surface area (Å²) in [6, 6.07) is 0. The summed E-state index contributed by atoms with van der Waals surface area (Å²) < 4.78 is 10.7. The Morgan fingerprint density at radius 1 is 0.955 bits per heavy atom. The molecule has 0 aliphatic carbocycles. The molecule has 0 aromatic heterocycles. The van der Waals surface area contributed by atoms with Crippen molar-refractivity contribution in [1.82, 2.24) is 0 Å². The van der Waals surface area contributed by atoms with Gasteiger partial charge in [-0.2, -0.15) is 0 Å². The van der Waals surface area contributed by atoms with Crippen molar-refractivity contribution in [3.05, 3.63) is 0 Å². The molecule has 3 heteroatoms. The number of methoxy groups -OCH3 is 1. The molecule has 0 bridgehead atoms. The van der Waals surface area contributed by atoms with E-state index in [1.54, 1.807) is 0 Å². The minimum atomic E-state index is -0.0738. The van der Waals surface area contributed by atoms with E-state index in [1.807, 2.05) is 0 Å². The maximum Gasteiger partial charge on any atom is 0.305 e. The lowest BCUT2D eigenvalue weighted by atomic mass is 9.98. The van der Waals surface area contributed by atoms with Gasteiger partial charge in [-0.15, -0.1) is 0 Å². The van der Waals surface area contributed by atoms with E-state index in [4.69, 9.17) is 4.74 Å². The normalized spacial score (nSPS) is 21.7. The number of rotatable bonds is 12. The SMILES string of the molecule is CCC1CCCC(CCCCCCCCCCC(=O)OC)O1. The molecule has 130 valence electrons. The number of hydrogen-bond acceptors (Lipinski definition) is 3. The zero-order chi connectivity index (χ0) is 16.0. The lowest BCUT2D eigenvalue weighted by Crippen LogP contribution is -2.26. The van der Waals surface area contributed by atoms with Crippen molar-refractivity contribution in [2.24, 2.45) is 0 Å². The first-order valence-corrected chi connectivity index (χ1v) is 9.48. The molecule has 2 atom stereocenters. The molecule has 3 nitrogen and oxygen atoms in total. The van der Waals surface area contributed by atoms with Crippen LogP contribution in [0.25, 0.3) is 0 Å². The molecule has 0 amide bonds. The van der Waals surface area contributed by atoms with Crippen LogP contribution in [0.5, 0.6) is 0 Å². The molecule has 1 fully saturated rings. The first-order chi connectivity index (χ1) is 10.8. The molecule has 0 saturated carbocycles. The van der Waals surface area contributed by atoms with Gasteiger partial charge in [0.05, 0.1) is 19.3 Å². The highest BCUT2D eigenvalue weighted by Crippen LogP contribution is 2.24. The second kappa shape index (κ2) is 12.9. The molecule has 0 aromatic carbocycles. The smallest absolute Gasteiger partial charge is 0.305 e. The summed E-state index contributed by atoms with van der Waals surface area (Å²) in [5.41, 5.74) is 0. The lowest BCUT2D eigenvalue weighted by molar-refractivity contribution is -0.140. The molecule has 0 radical (unpaired) electrons. The van der Waals surface area contributed by atoms with Gasteiger partial charge in [-0.1, -0.05) is 51.9 Å². The van der Waals surface area contributed by atoms with Crippen LogP contribution in [0.15, 0.2) is 0 Å². The second-order valence-corrected chi connectivity index (χ2v) is 6.66. The van der Waals surface area contributed by atoms with Crippen LogP contribution in [-0.2, 0) is 14.3 Å². The highest BCUT2D eigenvalue weighted by Gasteiger charge is 2.20. The van der Waals surface area contributed by atoms with E-state index in [0.29, 0.717) is 18.6 Å². The van der Waals surface area contributed by atoms with Gasteiger partial charge in [0, 0.05) is 6.42 Å². The van der Waals surface area contributed by atoms with Crippen LogP contribution in [0.3, 0.4) is 0 Å². The number of carbonyl (C=O) groups is 1. The third-order valence-electron chi connectivity index (χ3n) is 4.78. The van der Waals surface area contributed by atoms with Gasteiger partial charge in [-0.05, 0) is 38.5 Å². The van der Waals surface area contributed by atoms with Crippen LogP contribution in [0.4, 0.5) is 0 Å². The molecular weight excluding hydrogens is 276 g/mol. The van der Waals surface area contributed by atoms with Crippen molar-refractivity contribution in [2.45, 2.75) is 109 Å². The number of esters is 1. The lowest BCUT2D eigenvalue weighted by Gasteiger charge is -2.29. The largest absolute Gasteiger partial charge is 0.469 e. The van der Waals surface area contributed by atoms with Gasteiger partial charge in [0.2, 0.25) is 0 Å². The van der Waals surface area contributed by atoms with E-state index in [2.05, 4.69) is 11.7 Å². The zero-order valence-electron chi connectivity index (χ0n) is 14.8. The van der Waals surface area contributed by atoms with Crippen molar-refractivity contribution in [1.29, 1.82) is 0 Å². The fourth-order valence-corrected chi connectivity index (χ4v) is 3.30. The van der Waals surface area contributed by atoms with Gasteiger partial charge in [-0.3, -0.25) is 4.79 Å². The van der Waals surface area contributed by atoms with Crippen molar-refractivity contribution in [3.63, 3.8) is 0 Å². The van der Waals surface area contributed by atoms with Crippen LogP contribution in [0.1, 0.15) is 96.8 Å². The zero-order valence-corrected chi connectivity index (χ0v) is 14.8. The van der Waals surface area contributed by atoms with E-state index < -0.39 is 0 Å². The Kier molecular flexibility index (Phi) is 11.4. The quantitative estimate of drug-likeness (QED) is 0.357. The van der Waals surface area contributed by atoms with E-state index in [9.17, 15) is 4.79 Å². The summed E-state index contributed by atoms with van der Waals surface area (Å²) in [6.45, 7) is 2.23. The number of ether oxygens (including phenoxy) is 2. The minimum Gasteiger partial charge on any atom is -0.469 e. The summed E-state index contributed by atoms with van der Waals surface area (Å²) in [5, 5.41) is 0. The highest BCUT2D eigenvalue weighted by molar-refractivity contribution is 5.68. The van der Waals surface area contributed by atoms with Crippen molar-refractivity contribution in [2.75, 3.05) is 7.11 Å². The molecule has 1 rings (SSSR count). The third kappa shape index (κ3) is 9.45. The number of carbonyl (C=O) groups excluding carboxylic acids is 1. The maximum atomic E-state index is 11.0. The van der Waals surface area contributed by atoms with Crippen molar-refractivity contribution < 1.29 is 14.3 Å². The Balaban J connectivity index is 1.82. The summed E-state index contributed by atoms with van der Waals surface area (Å²) in [7, 11) is 1.46. The predicted octanol–water partition coefficient (Wildman–Crippen LogP) is 5.41. The molecule has 1 saturated heterocycles. The first-order valence-electron chi connectivity index (χ1n) is 9.48. The van der Waals surface area contributed by atoms with Crippen LogP contribution in [-0.4, -0.2) is 25.3 Å². The average molecular weight is 312 g/mol. The van der Waals surface area contributed by atoms with E-state index >= 15 is 0 Å². The summed E-state index contributed by atoms with van der Waals surface area (Å²) in [5.74, 6) is -0.0738. The maximum absolute atomic E-state index is 11.0. The van der Waals surface area contributed by atoms with Gasteiger partial charge in [0.25, 0.3) is 0 Å².